The highest BCUT2D eigenvalue weighted by atomic mass is 32.2. The van der Waals surface area contributed by atoms with Gasteiger partial charge in [-0.1, -0.05) is 36.4 Å². The molecule has 1 aliphatic rings. The fourth-order valence-electron chi connectivity index (χ4n) is 6.05. The number of ether oxygens (including phenoxy) is 3. The van der Waals surface area contributed by atoms with Crippen LogP contribution in [0, 0.1) is 18.3 Å². The molecule has 11 nitrogen and oxygen atoms in total. The molecule has 53 heavy (non-hydrogen) atoms. The van der Waals surface area contributed by atoms with Gasteiger partial charge in [0.1, 0.15) is 17.2 Å². The number of sulfonamides is 1. The third-order valence-corrected chi connectivity index (χ3v) is 9.33. The minimum atomic E-state index is -3.48. The van der Waals surface area contributed by atoms with Crippen LogP contribution >= 0.6 is 0 Å². The highest BCUT2D eigenvalue weighted by Crippen LogP contribution is 2.32. The van der Waals surface area contributed by atoms with Crippen LogP contribution in [0.5, 0.6) is 17.2 Å². The molecule has 0 atom stereocenters. The zero-order chi connectivity index (χ0) is 37.2. The van der Waals surface area contributed by atoms with Crippen LogP contribution in [0.4, 0.5) is 11.4 Å². The lowest BCUT2D eigenvalue weighted by Gasteiger charge is -2.28. The summed E-state index contributed by atoms with van der Waals surface area (Å²) in [6.07, 6.45) is 5.33. The Hall–Kier alpha value is -5.90. The molecule has 2 heterocycles. The van der Waals surface area contributed by atoms with Crippen molar-refractivity contribution in [3.8, 4) is 23.3 Å². The van der Waals surface area contributed by atoms with Crippen LogP contribution in [0.15, 0.2) is 109 Å². The summed E-state index contributed by atoms with van der Waals surface area (Å²) in [7, 11) is -3.48. The third-order valence-electron chi connectivity index (χ3n) is 8.74. The van der Waals surface area contributed by atoms with E-state index in [4.69, 9.17) is 14.2 Å². The Morgan fingerprint density at radius 2 is 1.60 bits per heavy atom. The second-order valence-electron chi connectivity index (χ2n) is 12.8. The van der Waals surface area contributed by atoms with Crippen molar-refractivity contribution in [3.63, 3.8) is 0 Å². The highest BCUT2D eigenvalue weighted by Gasteiger charge is 2.21. The van der Waals surface area contributed by atoms with Crippen molar-refractivity contribution >= 4 is 27.3 Å². The number of nitrogens with one attached hydrogen (secondary N) is 1. The number of pyridine rings is 1. The average Bonchev–Trinajstić information content (AvgIpc) is 3.16. The molecule has 1 aromatic heterocycles. The number of amides is 1. The number of anilines is 2. The fraction of sp³-hybridized carbons (Fsp3) is 0.244. The zero-order valence-electron chi connectivity index (χ0n) is 29.7. The van der Waals surface area contributed by atoms with Gasteiger partial charge in [0.25, 0.3) is 5.91 Å². The normalized spacial score (nSPS) is 12.8. The first-order chi connectivity index (χ1) is 25.6. The maximum absolute atomic E-state index is 13.5. The van der Waals surface area contributed by atoms with E-state index in [-0.39, 0.29) is 5.91 Å². The fourth-order valence-corrected chi connectivity index (χ4v) is 6.67. The number of hydrogen-bond acceptors (Lipinski definition) is 9. The summed E-state index contributed by atoms with van der Waals surface area (Å²) in [5.41, 5.74) is 6.24. The standard InChI is InChI=1S/C41H41N5O6S/c1-30-39(44-53(2,48)49)6-3-7-40(30)46(28-33-10-8-31(26-42)9-11-33)29-34-12-14-36(15-13-34)52-38-24-35(41(47)45-18-21-50-22-19-45)23-37(25-38)51-20-16-32-5-4-17-43-27-32/h3-15,17,23-25,27,44H,16,18-22,28-29H2,1-2H3. The molecule has 1 aliphatic heterocycles. The minimum absolute atomic E-state index is 0.111. The highest BCUT2D eigenvalue weighted by molar-refractivity contribution is 7.92. The topological polar surface area (TPSA) is 134 Å². The van der Waals surface area contributed by atoms with Crippen LogP contribution in [0.25, 0.3) is 0 Å². The van der Waals surface area contributed by atoms with Gasteiger partial charge in [-0.15, -0.1) is 0 Å². The first kappa shape index (κ1) is 36.9. The Morgan fingerprint density at radius 3 is 2.26 bits per heavy atom. The van der Waals surface area contributed by atoms with E-state index < -0.39 is 10.0 Å². The average molecular weight is 732 g/mol. The zero-order valence-corrected chi connectivity index (χ0v) is 30.5. The second kappa shape index (κ2) is 17.1. The Kier molecular flexibility index (Phi) is 11.9. The largest absolute Gasteiger partial charge is 0.493 e. The molecule has 1 N–H and O–H groups in total. The number of nitriles is 1. The number of rotatable bonds is 14. The van der Waals surface area contributed by atoms with E-state index in [9.17, 15) is 18.5 Å². The van der Waals surface area contributed by atoms with Gasteiger partial charge in [0.05, 0.1) is 43.4 Å². The minimum Gasteiger partial charge on any atom is -0.493 e. The first-order valence-corrected chi connectivity index (χ1v) is 19.1. The SMILES string of the molecule is Cc1c(NS(C)(=O)=O)cccc1N(Cc1ccc(C#N)cc1)Cc1ccc(Oc2cc(OCCc3cccnc3)cc(C(=O)N3CCOCC3)c2)cc1. The molecule has 6 rings (SSSR count). The van der Waals surface area contributed by atoms with Gasteiger partial charge in [0.2, 0.25) is 10.0 Å². The van der Waals surface area contributed by atoms with Gasteiger partial charge >= 0.3 is 0 Å². The number of hydrogen-bond donors (Lipinski definition) is 1. The molecule has 4 aromatic carbocycles. The molecular weight excluding hydrogens is 691 g/mol. The Bertz CT molecular complexity index is 2170. The van der Waals surface area contributed by atoms with Crippen LogP contribution in [0.2, 0.25) is 0 Å². The number of nitrogens with zero attached hydrogens (tertiary/aromatic N) is 4. The lowest BCUT2D eigenvalue weighted by Crippen LogP contribution is -2.40. The molecule has 0 aliphatic carbocycles. The van der Waals surface area contributed by atoms with Gasteiger partial charge in [-0.25, -0.2) is 8.42 Å². The van der Waals surface area contributed by atoms with Crippen LogP contribution in [0.1, 0.15) is 38.2 Å². The number of benzene rings is 4. The monoisotopic (exact) mass is 731 g/mol. The van der Waals surface area contributed by atoms with Gasteiger partial charge in [-0.05, 0) is 83.8 Å². The Labute approximate surface area is 310 Å². The molecule has 12 heteroatoms. The van der Waals surface area contributed by atoms with E-state index in [1.54, 1.807) is 53.7 Å². The predicted molar refractivity (Wildman–Crippen MR) is 204 cm³/mol. The van der Waals surface area contributed by atoms with Gasteiger partial charge in [0.15, 0.2) is 0 Å². The van der Waals surface area contributed by atoms with Crippen LogP contribution < -0.4 is 19.1 Å². The molecule has 272 valence electrons. The predicted octanol–water partition coefficient (Wildman–Crippen LogP) is 6.73. The molecular formula is C41H41N5O6S. The second-order valence-corrected chi connectivity index (χ2v) is 14.5. The number of aromatic nitrogens is 1. The molecule has 1 amide bonds. The van der Waals surface area contributed by atoms with E-state index in [1.165, 1.54) is 0 Å². The van der Waals surface area contributed by atoms with Crippen molar-refractivity contribution in [1.29, 1.82) is 5.26 Å². The van der Waals surface area contributed by atoms with Gasteiger partial charge < -0.3 is 24.0 Å². The van der Waals surface area contributed by atoms with E-state index in [0.29, 0.717) is 86.5 Å². The van der Waals surface area contributed by atoms with Crippen LogP contribution in [-0.4, -0.2) is 63.4 Å². The summed E-state index contributed by atoms with van der Waals surface area (Å²) >= 11 is 0. The molecule has 1 fully saturated rings. The summed E-state index contributed by atoms with van der Waals surface area (Å²) in [4.78, 5) is 21.6. The van der Waals surface area contributed by atoms with E-state index in [1.807, 2.05) is 67.6 Å². The maximum Gasteiger partial charge on any atom is 0.254 e. The van der Waals surface area contributed by atoms with Crippen molar-refractivity contribution in [2.45, 2.75) is 26.4 Å². The first-order valence-electron chi connectivity index (χ1n) is 17.3. The van der Waals surface area contributed by atoms with Gasteiger partial charge in [-0.2, -0.15) is 5.26 Å². The Morgan fingerprint density at radius 1 is 0.906 bits per heavy atom. The van der Waals surface area contributed by atoms with E-state index in [0.717, 1.165) is 34.2 Å². The van der Waals surface area contributed by atoms with Crippen molar-refractivity contribution in [2.75, 3.05) is 48.8 Å². The molecule has 0 spiro atoms. The van der Waals surface area contributed by atoms with Crippen molar-refractivity contribution in [3.05, 3.63) is 143 Å². The van der Waals surface area contributed by atoms with Gasteiger partial charge in [-0.3, -0.25) is 14.5 Å². The van der Waals surface area contributed by atoms with Crippen molar-refractivity contribution < 1.29 is 27.4 Å². The summed E-state index contributed by atoms with van der Waals surface area (Å²) < 4.78 is 44.7. The summed E-state index contributed by atoms with van der Waals surface area (Å²) in [5.74, 6) is 1.47. The smallest absolute Gasteiger partial charge is 0.254 e. The molecule has 1 saturated heterocycles. The van der Waals surface area contributed by atoms with E-state index >= 15 is 0 Å². The molecule has 0 bridgehead atoms. The van der Waals surface area contributed by atoms with Crippen LogP contribution in [0.3, 0.4) is 0 Å². The number of carbonyl (C=O) groups is 1. The molecule has 0 saturated carbocycles. The molecule has 0 unspecified atom stereocenters. The lowest BCUT2D eigenvalue weighted by molar-refractivity contribution is 0.0302. The van der Waals surface area contributed by atoms with E-state index in [2.05, 4.69) is 20.7 Å². The number of morpholine rings is 1. The van der Waals surface area contributed by atoms with Gasteiger partial charge in [0, 0.05) is 62.3 Å². The summed E-state index contributed by atoms with van der Waals surface area (Å²) in [6.45, 7) is 5.33. The number of carbonyl (C=O) groups excluding carboxylic acids is 1. The molecule has 5 aromatic rings. The third kappa shape index (κ3) is 10.3. The quantitative estimate of drug-likeness (QED) is 0.132. The Balaban J connectivity index is 1.22. The summed E-state index contributed by atoms with van der Waals surface area (Å²) in [6, 6.07) is 32.0. The summed E-state index contributed by atoms with van der Waals surface area (Å²) in [5, 5.41) is 9.28. The maximum atomic E-state index is 13.5. The van der Waals surface area contributed by atoms with Crippen molar-refractivity contribution in [2.24, 2.45) is 0 Å². The van der Waals surface area contributed by atoms with Crippen LogP contribution in [-0.2, 0) is 34.3 Å². The lowest BCUT2D eigenvalue weighted by atomic mass is 10.1. The van der Waals surface area contributed by atoms with Crippen molar-refractivity contribution in [1.82, 2.24) is 9.88 Å². The molecule has 0 radical (unpaired) electrons.